The van der Waals surface area contributed by atoms with E-state index in [4.69, 9.17) is 39.4 Å². The van der Waals surface area contributed by atoms with Gasteiger partial charge in [-0.25, -0.2) is 18.2 Å². The maximum atomic E-state index is 13.9. The van der Waals surface area contributed by atoms with Crippen LogP contribution in [0.4, 0.5) is 19.0 Å². The molecule has 6 nitrogen and oxygen atoms in total. The third kappa shape index (κ3) is 5.65. The Morgan fingerprint density at radius 3 is 2.69 bits per heavy atom. The largest absolute Gasteiger partial charge is 0.482 e. The molecule has 0 aliphatic heterocycles. The van der Waals surface area contributed by atoms with Gasteiger partial charge in [-0.3, -0.25) is 4.68 Å². The number of nitrogens with two attached hydrogens (primary N) is 2. The molecule has 0 saturated carbocycles. The molecule has 0 amide bonds. The first-order valence-electron chi connectivity index (χ1n) is 9.77. The fourth-order valence-corrected chi connectivity index (χ4v) is 3.79. The molecule has 3 rings (SSSR count). The van der Waals surface area contributed by atoms with Gasteiger partial charge >= 0.3 is 0 Å². The number of aryl methyl sites for hydroxylation is 1. The molecule has 0 fully saturated rings. The van der Waals surface area contributed by atoms with Gasteiger partial charge in [-0.05, 0) is 31.5 Å². The first-order valence-corrected chi connectivity index (χ1v) is 10.5. The van der Waals surface area contributed by atoms with E-state index in [1.807, 2.05) is 0 Å². The third-order valence-electron chi connectivity index (χ3n) is 4.87. The van der Waals surface area contributed by atoms with Crippen molar-refractivity contribution in [3.05, 3.63) is 58.2 Å². The molecular weight excluding hydrogens is 466 g/mol. The van der Waals surface area contributed by atoms with Crippen LogP contribution in [0.25, 0.3) is 11.1 Å². The molecule has 3 aromatic rings. The Labute approximate surface area is 193 Å². The molecule has 1 atom stereocenters. The van der Waals surface area contributed by atoms with E-state index >= 15 is 0 Å². The quantitative estimate of drug-likeness (QED) is 0.389. The maximum absolute atomic E-state index is 13.9. The van der Waals surface area contributed by atoms with Crippen LogP contribution in [0.3, 0.4) is 0 Å². The van der Waals surface area contributed by atoms with Crippen molar-refractivity contribution in [1.29, 1.82) is 0 Å². The molecule has 1 aromatic carbocycles. The maximum Gasteiger partial charge on any atom is 0.260 e. The second-order valence-electron chi connectivity index (χ2n) is 7.28. The van der Waals surface area contributed by atoms with Gasteiger partial charge in [0.2, 0.25) is 0 Å². The van der Waals surface area contributed by atoms with Gasteiger partial charge in [0, 0.05) is 47.1 Å². The summed E-state index contributed by atoms with van der Waals surface area (Å²) in [7, 11) is 0. The van der Waals surface area contributed by atoms with E-state index in [0.29, 0.717) is 23.2 Å². The summed E-state index contributed by atoms with van der Waals surface area (Å²) < 4.78 is 47.9. The van der Waals surface area contributed by atoms with Crippen molar-refractivity contribution in [2.45, 2.75) is 38.3 Å². The fraction of sp³-hybridized carbons (Fsp3) is 0.333. The van der Waals surface area contributed by atoms with Gasteiger partial charge in [-0.15, -0.1) is 0 Å². The molecular formula is C21H22Cl2F3N5O. The number of nitrogen functional groups attached to an aromatic ring is 1. The molecule has 0 aliphatic carbocycles. The second-order valence-corrected chi connectivity index (χ2v) is 8.07. The highest BCUT2D eigenvalue weighted by Crippen LogP contribution is 2.37. The number of aromatic nitrogens is 3. The molecule has 2 aromatic heterocycles. The molecule has 32 heavy (non-hydrogen) atoms. The summed E-state index contributed by atoms with van der Waals surface area (Å²) in [6.45, 7) is 1.30. The third-order valence-corrected chi connectivity index (χ3v) is 5.58. The summed E-state index contributed by atoms with van der Waals surface area (Å²) in [6.07, 6.45) is 4.04. The zero-order valence-electron chi connectivity index (χ0n) is 17.2. The zero-order valence-corrected chi connectivity index (χ0v) is 18.7. The van der Waals surface area contributed by atoms with Crippen molar-refractivity contribution in [2.24, 2.45) is 5.73 Å². The number of halogens is 5. The molecule has 11 heteroatoms. The Hall–Kier alpha value is -2.49. The van der Waals surface area contributed by atoms with Crippen LogP contribution in [0.5, 0.6) is 5.75 Å². The Kier molecular flexibility index (Phi) is 7.53. The minimum absolute atomic E-state index is 0.126. The van der Waals surface area contributed by atoms with Crippen molar-refractivity contribution in [1.82, 2.24) is 14.8 Å². The van der Waals surface area contributed by atoms with Crippen LogP contribution in [-0.2, 0) is 6.54 Å². The van der Waals surface area contributed by atoms with Crippen LogP contribution < -0.4 is 16.2 Å². The lowest BCUT2D eigenvalue weighted by atomic mass is 10.1. The average Bonchev–Trinajstić information content (AvgIpc) is 3.21. The lowest BCUT2D eigenvalue weighted by molar-refractivity contribution is -0.000946. The number of rotatable bonds is 9. The lowest BCUT2D eigenvalue weighted by Crippen LogP contribution is -2.27. The van der Waals surface area contributed by atoms with Gasteiger partial charge in [0.1, 0.15) is 11.9 Å². The minimum atomic E-state index is -2.88. The number of ether oxygens (including phenoxy) is 1. The number of hydrogen-bond donors (Lipinski definition) is 2. The summed E-state index contributed by atoms with van der Waals surface area (Å²) in [5, 5.41) is 4.32. The van der Waals surface area contributed by atoms with Crippen molar-refractivity contribution in [3.63, 3.8) is 0 Å². The molecule has 172 valence electrons. The van der Waals surface area contributed by atoms with E-state index in [1.54, 1.807) is 36.3 Å². The number of hydrogen-bond acceptors (Lipinski definition) is 5. The molecule has 0 aliphatic rings. The Bertz CT molecular complexity index is 1090. The SMILES string of the molecule is CC(Oc1cc(-c2cnn(CCCC(F)(F)CN)c2)cnc1N)c1c(Cl)ccc(F)c1Cl. The van der Waals surface area contributed by atoms with Crippen LogP contribution in [0.15, 0.2) is 36.8 Å². The molecule has 0 spiro atoms. The van der Waals surface area contributed by atoms with Crippen molar-refractivity contribution in [3.8, 4) is 16.9 Å². The van der Waals surface area contributed by atoms with Gasteiger partial charge in [-0.1, -0.05) is 23.2 Å². The summed E-state index contributed by atoms with van der Waals surface area (Å²) in [5.74, 6) is -3.12. The smallest absolute Gasteiger partial charge is 0.260 e. The lowest BCUT2D eigenvalue weighted by Gasteiger charge is -2.19. The van der Waals surface area contributed by atoms with Crippen LogP contribution in [-0.4, -0.2) is 27.2 Å². The normalized spacial score (nSPS) is 12.7. The van der Waals surface area contributed by atoms with Gasteiger partial charge in [0.05, 0.1) is 17.8 Å². The Balaban J connectivity index is 1.75. The summed E-state index contributed by atoms with van der Waals surface area (Å²) in [5.41, 5.74) is 12.6. The van der Waals surface area contributed by atoms with Crippen LogP contribution in [0, 0.1) is 5.82 Å². The first-order chi connectivity index (χ1) is 15.1. The predicted molar refractivity (Wildman–Crippen MR) is 119 cm³/mol. The molecule has 4 N–H and O–H groups in total. The van der Waals surface area contributed by atoms with E-state index < -0.39 is 24.4 Å². The van der Waals surface area contributed by atoms with Gasteiger partial charge < -0.3 is 16.2 Å². The monoisotopic (exact) mass is 487 g/mol. The number of alkyl halides is 2. The summed E-state index contributed by atoms with van der Waals surface area (Å²) in [6, 6.07) is 4.23. The second kappa shape index (κ2) is 9.97. The zero-order chi connectivity index (χ0) is 23.5. The van der Waals surface area contributed by atoms with E-state index in [2.05, 4.69) is 10.1 Å². The Morgan fingerprint density at radius 2 is 1.97 bits per heavy atom. The highest BCUT2D eigenvalue weighted by molar-refractivity contribution is 6.36. The van der Waals surface area contributed by atoms with Crippen molar-refractivity contribution in [2.75, 3.05) is 12.3 Å². The number of pyridine rings is 1. The van der Waals surface area contributed by atoms with E-state index in [-0.39, 0.29) is 34.5 Å². The van der Waals surface area contributed by atoms with E-state index in [1.165, 1.54) is 12.1 Å². The Morgan fingerprint density at radius 1 is 1.22 bits per heavy atom. The number of anilines is 1. The minimum Gasteiger partial charge on any atom is -0.482 e. The highest BCUT2D eigenvalue weighted by atomic mass is 35.5. The van der Waals surface area contributed by atoms with E-state index in [0.717, 1.165) is 0 Å². The van der Waals surface area contributed by atoms with Crippen LogP contribution >= 0.6 is 23.2 Å². The number of benzene rings is 1. The average molecular weight is 488 g/mol. The van der Waals surface area contributed by atoms with Crippen molar-refractivity contribution < 1.29 is 17.9 Å². The standard InChI is InChI=1S/C21H22Cl2F3N5O/c1-12(18-15(22)3-4-16(24)19(18)23)32-17-7-13(8-29-20(17)28)14-9-30-31(10-14)6-2-5-21(25,26)11-27/h3-4,7-10,12H,2,5-6,11,27H2,1H3,(H2,28,29). The summed E-state index contributed by atoms with van der Waals surface area (Å²) in [4.78, 5) is 4.14. The first kappa shape index (κ1) is 24.2. The highest BCUT2D eigenvalue weighted by Gasteiger charge is 2.25. The van der Waals surface area contributed by atoms with Gasteiger partial charge in [-0.2, -0.15) is 5.10 Å². The molecule has 0 saturated heterocycles. The molecule has 0 bridgehead atoms. The predicted octanol–water partition coefficient (Wildman–Crippen LogP) is 5.49. The molecule has 2 heterocycles. The van der Waals surface area contributed by atoms with Gasteiger partial charge in [0.15, 0.2) is 11.6 Å². The number of nitrogens with zero attached hydrogens (tertiary/aromatic N) is 3. The van der Waals surface area contributed by atoms with Crippen LogP contribution in [0.1, 0.15) is 31.4 Å². The van der Waals surface area contributed by atoms with Crippen molar-refractivity contribution >= 4 is 29.0 Å². The summed E-state index contributed by atoms with van der Waals surface area (Å²) >= 11 is 12.2. The van der Waals surface area contributed by atoms with E-state index in [9.17, 15) is 13.2 Å². The van der Waals surface area contributed by atoms with Gasteiger partial charge in [0.25, 0.3) is 5.92 Å². The fourth-order valence-electron chi connectivity index (χ4n) is 3.11. The molecule has 1 unspecified atom stereocenters. The van der Waals surface area contributed by atoms with Crippen LogP contribution in [0.2, 0.25) is 10.0 Å². The topological polar surface area (TPSA) is 92.0 Å². The molecule has 0 radical (unpaired) electrons.